The van der Waals surface area contributed by atoms with Crippen LogP contribution in [0.2, 0.25) is 0 Å². The Balaban J connectivity index is 0.000000230. The number of aliphatic hydroxyl groups excluding tert-OH is 1. The number of urea groups is 2. The van der Waals surface area contributed by atoms with Gasteiger partial charge in [0.15, 0.2) is 23.1 Å². The third kappa shape index (κ3) is 26.5. The molecule has 0 aliphatic carbocycles. The Morgan fingerprint density at radius 1 is 0.670 bits per heavy atom. The number of hydrogen-bond donors (Lipinski definition) is 6. The van der Waals surface area contributed by atoms with E-state index in [0.29, 0.717) is 94.7 Å². The zero-order valence-corrected chi connectivity index (χ0v) is 59.5. The number of phenolic OH excluding ortho intramolecular Hbond substituents is 1. The number of aliphatic carboxylic acids is 1. The van der Waals surface area contributed by atoms with Crippen molar-refractivity contribution in [3.8, 4) is 11.5 Å². The summed E-state index contributed by atoms with van der Waals surface area (Å²) in [6.45, 7) is 9.10. The van der Waals surface area contributed by atoms with Crippen LogP contribution in [0.15, 0.2) is 119 Å². The van der Waals surface area contributed by atoms with Crippen molar-refractivity contribution in [2.45, 2.75) is 142 Å². The lowest BCUT2D eigenvalue weighted by molar-refractivity contribution is -0.144. The number of hydrogen-bond acceptors (Lipinski definition) is 17. The molecule has 5 aliphatic rings. The smallest absolute Gasteiger partial charge is 0.320 e. The SMILES string of the molecule is C.C1CCOC1.CCOC(=O)C[C@@H](c1ccc(O)c(F)c1)N1CCN(CCCc2ccc3c(n2)NCCC3)C1=O.[N-]=[N+]=NCC(=O)Nc1ccc(CCOc2ccc([C@H](CC(=O)O)N3CCN(CCCc4ccc5c(n4)NCCC5)C3=O)cc2F)cc1.[N-]=[N+]=NCCCCC(=O)Cc1ccc(CCO)cc1. The monoisotopic (exact) mass is 1460 g/mol. The van der Waals surface area contributed by atoms with E-state index >= 15 is 4.39 Å². The molecule has 5 aliphatic heterocycles. The maximum atomic E-state index is 15.2. The Morgan fingerprint density at radius 2 is 1.23 bits per heavy atom. The normalized spacial score (nSPS) is 14.6. The fourth-order valence-corrected chi connectivity index (χ4v) is 12.7. The number of Topliss-reactive ketones (excluding diaryl/α,β-unsaturated/α-hetero) is 1. The largest absolute Gasteiger partial charge is 0.505 e. The number of nitrogens with zero attached hydrogens (tertiary/aromatic N) is 12. The van der Waals surface area contributed by atoms with Gasteiger partial charge in [-0.05, 0) is 189 Å². The molecule has 568 valence electrons. The predicted molar refractivity (Wildman–Crippen MR) is 398 cm³/mol. The number of pyridine rings is 2. The summed E-state index contributed by atoms with van der Waals surface area (Å²) in [6, 6.07) is 29.4. The van der Waals surface area contributed by atoms with Crippen LogP contribution in [0.5, 0.6) is 11.5 Å². The maximum absolute atomic E-state index is 15.2. The molecule has 0 bridgehead atoms. The molecule has 29 heteroatoms. The number of carbonyl (C=O) groups excluding carboxylic acids is 5. The minimum Gasteiger partial charge on any atom is -0.505 e. The molecule has 2 atom stereocenters. The van der Waals surface area contributed by atoms with Crippen LogP contribution < -0.4 is 20.7 Å². The molecule has 6 N–H and O–H groups in total. The van der Waals surface area contributed by atoms with E-state index in [9.17, 15) is 43.4 Å². The van der Waals surface area contributed by atoms with Crippen molar-refractivity contribution in [1.82, 2.24) is 29.6 Å². The molecule has 11 rings (SSSR count). The van der Waals surface area contributed by atoms with Gasteiger partial charge in [-0.15, -0.1) is 0 Å². The van der Waals surface area contributed by atoms with Crippen molar-refractivity contribution < 1.29 is 67.1 Å². The van der Waals surface area contributed by atoms with Crippen LogP contribution >= 0.6 is 0 Å². The summed E-state index contributed by atoms with van der Waals surface area (Å²) >= 11 is 0. The van der Waals surface area contributed by atoms with Crippen LogP contribution in [0.1, 0.15) is 147 Å². The summed E-state index contributed by atoms with van der Waals surface area (Å²) in [4.78, 5) is 95.1. The van der Waals surface area contributed by atoms with Gasteiger partial charge in [0.25, 0.3) is 0 Å². The van der Waals surface area contributed by atoms with Gasteiger partial charge >= 0.3 is 24.0 Å². The number of aromatic nitrogens is 2. The first-order valence-corrected chi connectivity index (χ1v) is 36.1. The number of ketones is 1. The second-order valence-electron chi connectivity index (χ2n) is 25.8. The molecule has 27 nitrogen and oxygen atoms in total. The summed E-state index contributed by atoms with van der Waals surface area (Å²) < 4.78 is 44.9. The first-order chi connectivity index (χ1) is 51.0. The number of aliphatic hydroxyl groups is 1. The first-order valence-electron chi connectivity index (χ1n) is 36.1. The number of aryl methyl sites for hydroxylation is 4. The van der Waals surface area contributed by atoms with Crippen molar-refractivity contribution in [3.05, 3.63) is 192 Å². The molecule has 6 aromatic rings. The molecule has 0 unspecified atom stereocenters. The Labute approximate surface area is 617 Å². The fraction of sp³-hybridized carbons (Fsp3) is 0.481. The summed E-state index contributed by atoms with van der Waals surface area (Å²) in [5.74, 6) is -1.75. The lowest BCUT2D eigenvalue weighted by atomic mass is 10.0. The number of halogens is 2. The summed E-state index contributed by atoms with van der Waals surface area (Å²) in [6.07, 6.45) is 13.0. The number of azide groups is 2. The Kier molecular flexibility index (Phi) is 34.5. The van der Waals surface area contributed by atoms with Crippen LogP contribution in [-0.4, -0.2) is 179 Å². The topological polar surface area (TPSA) is 363 Å². The number of rotatable bonds is 33. The van der Waals surface area contributed by atoms with E-state index in [1.54, 1.807) is 52.0 Å². The van der Waals surface area contributed by atoms with Crippen molar-refractivity contribution >= 4 is 53.0 Å². The van der Waals surface area contributed by atoms with Crippen LogP contribution in [0.3, 0.4) is 0 Å². The number of unbranched alkanes of at least 4 members (excludes halogenated alkanes) is 1. The van der Waals surface area contributed by atoms with Crippen LogP contribution in [-0.2, 0) is 73.6 Å². The Morgan fingerprint density at radius 3 is 1.76 bits per heavy atom. The van der Waals surface area contributed by atoms with Gasteiger partial charge in [-0.1, -0.05) is 78.3 Å². The van der Waals surface area contributed by atoms with Crippen molar-refractivity contribution in [1.29, 1.82) is 0 Å². The van der Waals surface area contributed by atoms with Crippen LogP contribution in [0.25, 0.3) is 20.9 Å². The standard InChI is InChI=1S/C33H37FN8O5.C25H31FN4O4.C14H19N3O2.C4H8O.CH4/c34-27-19-24(8-12-29(27)47-18-13-22-5-9-26(10-6-22)38-30(43)21-37-40-35)28(20-31(44)45)42-17-16-41(33(42)46)15-2-4-25-11-7-23-3-1-14-36-32(23)39-25;1-2-34-23(32)16-21(18-8-10-22(31)20(26)15-18)30-14-13-29(25(30)33)12-4-6-19-9-7-17-5-3-11-27-24(17)28-19;15-17-16-9-2-1-3-14(19)11-13-6-4-12(5-7-13)8-10-18;1-2-4-5-3-1;/h5-12,19,28H,1-4,13-18,20-21H2,(H,36,39)(H,38,43)(H,44,45);7-10,15,21,31H,2-6,11-14,16H2,1H3,(H,27,28);4-7,18H,1-3,8-11H2;1-4H2;1H4/t28-;21-;;;/m00.../s1. The van der Waals surface area contributed by atoms with E-state index in [4.69, 9.17) is 40.3 Å². The zero-order valence-electron chi connectivity index (χ0n) is 59.5. The quantitative estimate of drug-likeness (QED) is 0.00733. The van der Waals surface area contributed by atoms with Gasteiger partial charge < -0.3 is 65.1 Å². The van der Waals surface area contributed by atoms with E-state index < -0.39 is 47.3 Å². The Bertz CT molecular complexity index is 3940. The summed E-state index contributed by atoms with van der Waals surface area (Å²) in [5.41, 5.74) is 25.2. The number of nitrogens with one attached hydrogen (secondary N) is 3. The molecule has 4 aromatic carbocycles. The van der Waals surface area contributed by atoms with Gasteiger partial charge in [0.05, 0.1) is 38.1 Å². The highest BCUT2D eigenvalue weighted by atomic mass is 19.1. The molecule has 3 fully saturated rings. The summed E-state index contributed by atoms with van der Waals surface area (Å²) in [7, 11) is 0. The first kappa shape index (κ1) is 82.7. The highest BCUT2D eigenvalue weighted by Gasteiger charge is 2.38. The molecule has 7 heterocycles. The minimum atomic E-state index is -1.09. The number of amides is 5. The van der Waals surface area contributed by atoms with Gasteiger partial charge in [-0.2, -0.15) is 0 Å². The number of ether oxygens (including phenoxy) is 3. The maximum Gasteiger partial charge on any atom is 0.320 e. The van der Waals surface area contributed by atoms with E-state index in [1.807, 2.05) is 30.3 Å². The molecular weight excluding hydrogens is 1360 g/mol. The molecule has 2 aromatic heterocycles. The third-order valence-electron chi connectivity index (χ3n) is 18.2. The van der Waals surface area contributed by atoms with E-state index in [-0.39, 0.29) is 70.2 Å². The van der Waals surface area contributed by atoms with E-state index in [1.165, 1.54) is 59.2 Å². The number of phenols is 1. The number of aromatic hydroxyl groups is 1. The minimum absolute atomic E-state index is 0. The number of carboxylic acids is 1. The van der Waals surface area contributed by atoms with Crippen molar-refractivity contribution in [3.63, 3.8) is 0 Å². The summed E-state index contributed by atoms with van der Waals surface area (Å²) in [5, 5.41) is 43.9. The van der Waals surface area contributed by atoms with E-state index in [2.05, 4.69) is 54.2 Å². The molecule has 5 amide bonds. The second kappa shape index (κ2) is 44.3. The highest BCUT2D eigenvalue weighted by Crippen LogP contribution is 2.34. The van der Waals surface area contributed by atoms with E-state index in [0.717, 1.165) is 124 Å². The fourth-order valence-electron chi connectivity index (χ4n) is 12.7. The molecule has 3 saturated heterocycles. The molecule has 0 radical (unpaired) electrons. The molecular formula is C77H99F2N15O12. The van der Waals surface area contributed by atoms with Gasteiger partial charge in [0, 0.05) is 125 Å². The van der Waals surface area contributed by atoms with Crippen molar-refractivity contribution in [2.24, 2.45) is 10.2 Å². The number of benzene rings is 4. The number of anilines is 3. The predicted octanol–water partition coefficient (Wildman–Crippen LogP) is 13.2. The molecule has 0 saturated carbocycles. The number of fused-ring (bicyclic) bond motifs is 2. The lowest BCUT2D eigenvalue weighted by Gasteiger charge is -2.28. The van der Waals surface area contributed by atoms with Gasteiger partial charge in [0.2, 0.25) is 5.91 Å². The highest BCUT2D eigenvalue weighted by molar-refractivity contribution is 5.92. The average Bonchev–Trinajstić information content (AvgIpc) is 1.60. The molecule has 0 spiro atoms. The molecule has 106 heavy (non-hydrogen) atoms. The number of carboxylic acid groups (broad SMARTS) is 1. The third-order valence-corrected chi connectivity index (χ3v) is 18.2. The van der Waals surface area contributed by atoms with Crippen LogP contribution in [0.4, 0.5) is 35.7 Å². The van der Waals surface area contributed by atoms with Crippen molar-refractivity contribution in [2.75, 3.05) is 114 Å². The number of carbonyl (C=O) groups is 6. The van der Waals surface area contributed by atoms with Gasteiger partial charge in [0.1, 0.15) is 24.0 Å². The number of esters is 1. The van der Waals surface area contributed by atoms with Gasteiger partial charge in [-0.3, -0.25) is 19.2 Å². The second-order valence-corrected chi connectivity index (χ2v) is 25.8. The van der Waals surface area contributed by atoms with Gasteiger partial charge in [-0.25, -0.2) is 28.3 Å². The average molecular weight is 1460 g/mol. The lowest BCUT2D eigenvalue weighted by Crippen LogP contribution is -2.36. The van der Waals surface area contributed by atoms with Crippen LogP contribution in [0, 0.1) is 11.6 Å². The Hall–Kier alpha value is -10.6. The zero-order chi connectivity index (χ0) is 74.7.